The minimum atomic E-state index is -1.66. The molecule has 134 valence electrons. The van der Waals surface area contributed by atoms with Crippen LogP contribution in [0.4, 0.5) is 5.69 Å². The van der Waals surface area contributed by atoms with Crippen molar-refractivity contribution < 1.29 is 29.1 Å². The maximum atomic E-state index is 12.3. The fourth-order valence-electron chi connectivity index (χ4n) is 2.08. The lowest BCUT2D eigenvalue weighted by Gasteiger charge is -2.33. The van der Waals surface area contributed by atoms with E-state index >= 15 is 0 Å². The number of carbonyl (C=O) groups excluding carboxylic acids is 2. The molecule has 0 radical (unpaired) electrons. The molecule has 0 spiro atoms. The van der Waals surface area contributed by atoms with Gasteiger partial charge in [0.1, 0.15) is 18.8 Å². The Balaban J connectivity index is 1.99. The van der Waals surface area contributed by atoms with E-state index in [1.807, 2.05) is 0 Å². The van der Waals surface area contributed by atoms with Gasteiger partial charge in [-0.15, -0.1) is 11.8 Å². The van der Waals surface area contributed by atoms with Gasteiger partial charge in [-0.25, -0.2) is 4.79 Å². The van der Waals surface area contributed by atoms with Crippen LogP contribution in [0.3, 0.4) is 0 Å². The smallest absolute Gasteiger partial charge is 0.334 e. The maximum Gasteiger partial charge on any atom is 0.334 e. The molecule has 1 N–H and O–H groups in total. The minimum absolute atomic E-state index is 0.0697. The van der Waals surface area contributed by atoms with Crippen molar-refractivity contribution in [1.29, 1.82) is 0 Å². The molecular formula is C15H16N2O7S. The Hall–Kier alpha value is -2.46. The van der Waals surface area contributed by atoms with E-state index in [1.165, 1.54) is 48.5 Å². The van der Waals surface area contributed by atoms with Crippen LogP contribution in [0.1, 0.15) is 12.5 Å². The van der Waals surface area contributed by atoms with Gasteiger partial charge in [-0.2, -0.15) is 0 Å². The molecule has 0 amide bonds. The third-order valence-electron chi connectivity index (χ3n) is 3.40. The Morgan fingerprint density at radius 2 is 2.08 bits per heavy atom. The van der Waals surface area contributed by atoms with Crippen LogP contribution in [0.5, 0.6) is 0 Å². The largest absolute Gasteiger partial charge is 0.463 e. The molecule has 1 aromatic rings. The van der Waals surface area contributed by atoms with Gasteiger partial charge < -0.3 is 14.6 Å². The molecule has 0 fully saturated rings. The number of aliphatic hydroxyl groups is 1. The average molecular weight is 368 g/mol. The first-order chi connectivity index (χ1) is 11.8. The number of nitro benzene ring substituents is 1. The van der Waals surface area contributed by atoms with Crippen LogP contribution in [0, 0.1) is 10.1 Å². The van der Waals surface area contributed by atoms with Gasteiger partial charge >= 0.3 is 11.9 Å². The number of nitrogens with zero attached hydrogens (tertiary/aromatic N) is 2. The van der Waals surface area contributed by atoms with Crippen LogP contribution < -0.4 is 0 Å². The summed E-state index contributed by atoms with van der Waals surface area (Å²) < 4.78 is 9.95. The van der Waals surface area contributed by atoms with Gasteiger partial charge in [0.05, 0.1) is 10.5 Å². The second-order valence-corrected chi connectivity index (χ2v) is 6.22. The lowest BCUT2D eigenvalue weighted by molar-refractivity contribution is -0.384. The van der Waals surface area contributed by atoms with Crippen molar-refractivity contribution in [2.24, 2.45) is 4.99 Å². The second kappa shape index (κ2) is 8.08. The van der Waals surface area contributed by atoms with Crippen LogP contribution in [0.2, 0.25) is 0 Å². The zero-order chi connectivity index (χ0) is 18.4. The summed E-state index contributed by atoms with van der Waals surface area (Å²) in [7, 11) is 0. The van der Waals surface area contributed by atoms with E-state index in [-0.39, 0.29) is 24.7 Å². The Kier molecular flexibility index (Phi) is 6.10. The van der Waals surface area contributed by atoms with Crippen LogP contribution in [-0.2, 0) is 25.7 Å². The summed E-state index contributed by atoms with van der Waals surface area (Å²) in [6.45, 7) is 0.703. The molecule has 1 aliphatic rings. The first-order valence-electron chi connectivity index (χ1n) is 7.21. The highest BCUT2D eigenvalue weighted by molar-refractivity contribution is 8.12. The molecular weight excluding hydrogens is 352 g/mol. The number of rotatable bonds is 6. The van der Waals surface area contributed by atoms with Gasteiger partial charge in [-0.3, -0.25) is 19.9 Å². The molecule has 0 saturated carbocycles. The number of carbonyl (C=O) groups is 2. The Morgan fingerprint density at radius 1 is 1.40 bits per heavy atom. The first kappa shape index (κ1) is 18.9. The zero-order valence-corrected chi connectivity index (χ0v) is 14.1. The summed E-state index contributed by atoms with van der Waals surface area (Å²) in [6, 6.07) is 4.32. The molecule has 9 nitrogen and oxygen atoms in total. The van der Waals surface area contributed by atoms with E-state index in [2.05, 4.69) is 4.99 Å². The van der Waals surface area contributed by atoms with Crippen molar-refractivity contribution in [3.63, 3.8) is 0 Å². The fraction of sp³-hybridized carbons (Fsp3) is 0.400. The van der Waals surface area contributed by atoms with Gasteiger partial charge in [0, 0.05) is 24.8 Å². The molecule has 2 unspecified atom stereocenters. The van der Waals surface area contributed by atoms with Crippen molar-refractivity contribution in [2.45, 2.75) is 25.2 Å². The normalized spacial score (nSPS) is 22.2. The molecule has 25 heavy (non-hydrogen) atoms. The molecule has 1 aliphatic heterocycles. The van der Waals surface area contributed by atoms with E-state index in [9.17, 15) is 24.8 Å². The molecule has 2 atom stereocenters. The lowest BCUT2D eigenvalue weighted by atomic mass is 9.97. The summed E-state index contributed by atoms with van der Waals surface area (Å²) in [6.07, 6.45) is 0. The summed E-state index contributed by atoms with van der Waals surface area (Å²) in [4.78, 5) is 37.2. The number of esters is 2. The average Bonchev–Trinajstić information content (AvgIpc) is 2.58. The molecule has 0 bridgehead atoms. The number of hydrogen-bond acceptors (Lipinski definition) is 9. The molecule has 0 saturated heterocycles. The van der Waals surface area contributed by atoms with E-state index in [0.717, 1.165) is 0 Å². The number of aliphatic imine (C=N–C) groups is 1. The van der Waals surface area contributed by atoms with Crippen molar-refractivity contribution in [3.05, 3.63) is 39.9 Å². The van der Waals surface area contributed by atoms with Gasteiger partial charge in [-0.1, -0.05) is 0 Å². The van der Waals surface area contributed by atoms with Crippen molar-refractivity contribution >= 4 is 34.9 Å². The monoisotopic (exact) mass is 368 g/mol. The van der Waals surface area contributed by atoms with E-state index < -0.39 is 28.5 Å². The Morgan fingerprint density at radius 3 is 2.68 bits per heavy atom. The number of hydrogen-bond donors (Lipinski definition) is 1. The lowest BCUT2D eigenvalue weighted by Crippen LogP contribution is -2.54. The van der Waals surface area contributed by atoms with Gasteiger partial charge in [0.2, 0.25) is 0 Å². The summed E-state index contributed by atoms with van der Waals surface area (Å²) >= 11 is 1.19. The number of ether oxygens (including phenoxy) is 2. The third-order valence-corrected chi connectivity index (χ3v) is 4.34. The highest BCUT2D eigenvalue weighted by Crippen LogP contribution is 2.26. The maximum absolute atomic E-state index is 12.3. The highest BCUT2D eigenvalue weighted by Gasteiger charge is 2.45. The summed E-state index contributed by atoms with van der Waals surface area (Å²) in [5.41, 5.74) is 0.258. The third kappa shape index (κ3) is 5.00. The van der Waals surface area contributed by atoms with Crippen LogP contribution in [-0.4, -0.2) is 51.5 Å². The molecule has 10 heteroatoms. The van der Waals surface area contributed by atoms with E-state index in [1.54, 1.807) is 0 Å². The number of nitro groups is 1. The SMILES string of the molecule is CC(=O)OCC1(O)CSC=NC1C(=O)OCc1ccc([N+](=O)[O-])cc1. The predicted octanol–water partition coefficient (Wildman–Crippen LogP) is 1.08. The standard InChI is InChI=1S/C15H16N2O7S/c1-10(18)24-7-15(20)8-25-9-16-13(15)14(19)23-6-11-2-4-12(5-3-11)17(21)22/h2-5,9,13,20H,6-8H2,1H3. The number of non-ortho nitro benzene ring substituents is 1. The minimum Gasteiger partial charge on any atom is -0.463 e. The molecule has 1 aromatic carbocycles. The molecule has 1 heterocycles. The Labute approximate surface area is 147 Å². The van der Waals surface area contributed by atoms with Gasteiger partial charge in [0.15, 0.2) is 6.04 Å². The van der Waals surface area contributed by atoms with Gasteiger partial charge in [-0.05, 0) is 17.7 Å². The van der Waals surface area contributed by atoms with Crippen LogP contribution in [0.15, 0.2) is 29.3 Å². The second-order valence-electron chi connectivity index (χ2n) is 5.38. The van der Waals surface area contributed by atoms with E-state index in [4.69, 9.17) is 9.47 Å². The topological polar surface area (TPSA) is 128 Å². The summed E-state index contributed by atoms with van der Waals surface area (Å²) in [5.74, 6) is -1.23. The summed E-state index contributed by atoms with van der Waals surface area (Å²) in [5, 5.41) is 21.2. The number of benzene rings is 1. The van der Waals surface area contributed by atoms with Gasteiger partial charge in [0.25, 0.3) is 5.69 Å². The molecule has 0 aliphatic carbocycles. The van der Waals surface area contributed by atoms with E-state index in [0.29, 0.717) is 5.56 Å². The highest BCUT2D eigenvalue weighted by atomic mass is 32.2. The molecule has 0 aromatic heterocycles. The van der Waals surface area contributed by atoms with Crippen molar-refractivity contribution in [2.75, 3.05) is 12.4 Å². The van der Waals surface area contributed by atoms with Crippen LogP contribution >= 0.6 is 11.8 Å². The van der Waals surface area contributed by atoms with Crippen LogP contribution in [0.25, 0.3) is 0 Å². The van der Waals surface area contributed by atoms with Crippen molar-refractivity contribution in [1.82, 2.24) is 0 Å². The first-order valence-corrected chi connectivity index (χ1v) is 8.26. The molecule has 2 rings (SSSR count). The van der Waals surface area contributed by atoms with Crippen molar-refractivity contribution in [3.8, 4) is 0 Å². The number of thioether (sulfide) groups is 1. The zero-order valence-electron chi connectivity index (χ0n) is 13.3. The quantitative estimate of drug-likeness (QED) is 0.449. The fourth-order valence-corrected chi connectivity index (χ4v) is 2.89. The predicted molar refractivity (Wildman–Crippen MR) is 89.2 cm³/mol. The Bertz CT molecular complexity index is 692.